The second-order valence-corrected chi connectivity index (χ2v) is 4.92. The smallest absolute Gasteiger partial charge is 0.246 e. The van der Waals surface area contributed by atoms with Crippen LogP contribution in [0.4, 0.5) is 0 Å². The summed E-state index contributed by atoms with van der Waals surface area (Å²) in [4.78, 5) is 13.4. The van der Waals surface area contributed by atoms with Crippen molar-refractivity contribution in [2.45, 2.75) is 32.4 Å². The molecule has 5 heteroatoms. The number of aromatic nitrogens is 2. The van der Waals surface area contributed by atoms with Crippen molar-refractivity contribution in [2.75, 3.05) is 13.2 Å². The van der Waals surface area contributed by atoms with Gasteiger partial charge in [-0.25, -0.2) is 0 Å². The van der Waals surface area contributed by atoms with Crippen molar-refractivity contribution in [1.82, 2.24) is 14.7 Å². The van der Waals surface area contributed by atoms with Crippen molar-refractivity contribution in [1.29, 1.82) is 0 Å². The lowest BCUT2D eigenvalue weighted by Crippen LogP contribution is -2.41. The number of carbonyl (C=O) groups is 1. The zero-order chi connectivity index (χ0) is 13.3. The molecule has 18 heavy (non-hydrogen) atoms. The second kappa shape index (κ2) is 4.94. The molecule has 1 aromatic heterocycles. The van der Waals surface area contributed by atoms with Gasteiger partial charge in [-0.1, -0.05) is 20.4 Å². The van der Waals surface area contributed by atoms with Gasteiger partial charge >= 0.3 is 0 Å². The first kappa shape index (κ1) is 12.8. The standard InChI is InChI=1S/C13H19N3O2/c1-4-13(18)15-6-10-5-12(9(2)3)14-16(10)11(7-15)8-17/h4-5,9,11,17H,1,6-8H2,2-3H3. The number of nitrogens with zero attached hydrogens (tertiary/aromatic N) is 3. The highest BCUT2D eigenvalue weighted by Crippen LogP contribution is 2.24. The highest BCUT2D eigenvalue weighted by Gasteiger charge is 2.28. The van der Waals surface area contributed by atoms with Crippen LogP contribution in [0, 0.1) is 0 Å². The van der Waals surface area contributed by atoms with Crippen LogP contribution in [0.3, 0.4) is 0 Å². The second-order valence-electron chi connectivity index (χ2n) is 4.92. The fourth-order valence-electron chi connectivity index (χ4n) is 2.19. The molecular formula is C13H19N3O2. The number of aliphatic hydroxyl groups excluding tert-OH is 1. The maximum absolute atomic E-state index is 11.7. The number of fused-ring (bicyclic) bond motifs is 1. The van der Waals surface area contributed by atoms with E-state index in [1.165, 1.54) is 6.08 Å². The van der Waals surface area contributed by atoms with Crippen molar-refractivity contribution in [3.63, 3.8) is 0 Å². The lowest BCUT2D eigenvalue weighted by atomic mass is 10.1. The molecule has 2 heterocycles. The number of amides is 1. The topological polar surface area (TPSA) is 58.4 Å². The molecule has 1 aliphatic rings. The Morgan fingerprint density at radius 2 is 2.44 bits per heavy atom. The third kappa shape index (κ3) is 2.18. The first-order valence-electron chi connectivity index (χ1n) is 6.17. The molecule has 1 N–H and O–H groups in total. The fourth-order valence-corrected chi connectivity index (χ4v) is 2.19. The summed E-state index contributed by atoms with van der Waals surface area (Å²) in [6, 6.07) is 1.85. The largest absolute Gasteiger partial charge is 0.394 e. The summed E-state index contributed by atoms with van der Waals surface area (Å²) in [5.74, 6) is 0.234. The molecule has 0 fully saturated rings. The summed E-state index contributed by atoms with van der Waals surface area (Å²) in [6.07, 6.45) is 1.31. The minimum Gasteiger partial charge on any atom is -0.394 e. The molecule has 1 amide bonds. The van der Waals surface area contributed by atoms with E-state index in [2.05, 4.69) is 25.5 Å². The average molecular weight is 249 g/mol. The molecule has 1 atom stereocenters. The van der Waals surface area contributed by atoms with E-state index in [0.29, 0.717) is 19.0 Å². The van der Waals surface area contributed by atoms with Gasteiger partial charge in [0.2, 0.25) is 5.91 Å². The Hall–Kier alpha value is -1.62. The van der Waals surface area contributed by atoms with E-state index >= 15 is 0 Å². The molecular weight excluding hydrogens is 230 g/mol. The van der Waals surface area contributed by atoms with E-state index in [1.807, 2.05) is 10.7 Å². The van der Waals surface area contributed by atoms with Crippen LogP contribution in [-0.2, 0) is 11.3 Å². The van der Waals surface area contributed by atoms with E-state index in [-0.39, 0.29) is 18.6 Å². The van der Waals surface area contributed by atoms with Crippen LogP contribution in [0.25, 0.3) is 0 Å². The Kier molecular flexibility index (Phi) is 3.52. The highest BCUT2D eigenvalue weighted by molar-refractivity contribution is 5.87. The van der Waals surface area contributed by atoms with E-state index in [4.69, 9.17) is 0 Å². The minimum atomic E-state index is -0.162. The highest BCUT2D eigenvalue weighted by atomic mass is 16.3. The third-order valence-electron chi connectivity index (χ3n) is 3.25. The predicted octanol–water partition coefficient (Wildman–Crippen LogP) is 1.07. The summed E-state index contributed by atoms with van der Waals surface area (Å²) >= 11 is 0. The molecule has 0 bridgehead atoms. The molecule has 1 aliphatic heterocycles. The molecule has 1 aromatic rings. The van der Waals surface area contributed by atoms with Crippen molar-refractivity contribution in [3.8, 4) is 0 Å². The van der Waals surface area contributed by atoms with E-state index in [0.717, 1.165) is 11.4 Å². The Balaban J connectivity index is 2.33. The Morgan fingerprint density at radius 3 is 3.00 bits per heavy atom. The normalized spacial score (nSPS) is 18.9. The third-order valence-corrected chi connectivity index (χ3v) is 3.25. The van der Waals surface area contributed by atoms with Gasteiger partial charge in [-0.15, -0.1) is 0 Å². The van der Waals surface area contributed by atoms with Crippen molar-refractivity contribution >= 4 is 5.91 Å². The van der Waals surface area contributed by atoms with Crippen molar-refractivity contribution in [2.24, 2.45) is 0 Å². The van der Waals surface area contributed by atoms with Gasteiger partial charge in [-0.2, -0.15) is 5.10 Å². The van der Waals surface area contributed by atoms with Crippen LogP contribution in [0.5, 0.6) is 0 Å². The van der Waals surface area contributed by atoms with Crippen LogP contribution in [0.15, 0.2) is 18.7 Å². The Morgan fingerprint density at radius 1 is 1.72 bits per heavy atom. The number of aliphatic hydroxyl groups is 1. The molecule has 1 unspecified atom stereocenters. The predicted molar refractivity (Wildman–Crippen MR) is 68.1 cm³/mol. The van der Waals surface area contributed by atoms with E-state index in [9.17, 15) is 9.90 Å². The zero-order valence-electron chi connectivity index (χ0n) is 10.8. The fraction of sp³-hybridized carbons (Fsp3) is 0.538. The Labute approximate surface area is 107 Å². The minimum absolute atomic E-state index is 0.0207. The van der Waals surface area contributed by atoms with E-state index in [1.54, 1.807) is 4.90 Å². The monoisotopic (exact) mass is 249 g/mol. The molecule has 98 valence electrons. The lowest BCUT2D eigenvalue weighted by Gasteiger charge is -2.32. The average Bonchev–Trinajstić information content (AvgIpc) is 2.80. The number of hydrogen-bond acceptors (Lipinski definition) is 3. The number of hydrogen-bond donors (Lipinski definition) is 1. The summed E-state index contributed by atoms with van der Waals surface area (Å²) in [7, 11) is 0. The molecule has 0 aromatic carbocycles. The van der Waals surface area contributed by atoms with Crippen LogP contribution < -0.4 is 0 Å². The van der Waals surface area contributed by atoms with E-state index < -0.39 is 0 Å². The first-order valence-corrected chi connectivity index (χ1v) is 6.17. The molecule has 0 saturated heterocycles. The van der Waals surface area contributed by atoms with Gasteiger partial charge in [0.25, 0.3) is 0 Å². The van der Waals surface area contributed by atoms with Gasteiger partial charge in [0.1, 0.15) is 0 Å². The van der Waals surface area contributed by atoms with Crippen LogP contribution in [0.1, 0.15) is 37.2 Å². The summed E-state index contributed by atoms with van der Waals surface area (Å²) in [5, 5.41) is 13.9. The molecule has 0 radical (unpaired) electrons. The zero-order valence-corrected chi connectivity index (χ0v) is 10.8. The van der Waals surface area contributed by atoms with Crippen molar-refractivity contribution < 1.29 is 9.90 Å². The van der Waals surface area contributed by atoms with Crippen LogP contribution in [0.2, 0.25) is 0 Å². The Bertz CT molecular complexity index is 465. The molecule has 0 spiro atoms. The lowest BCUT2D eigenvalue weighted by molar-refractivity contribution is -0.128. The molecule has 0 aliphatic carbocycles. The van der Waals surface area contributed by atoms with Gasteiger partial charge < -0.3 is 10.0 Å². The summed E-state index contributed by atoms with van der Waals surface area (Å²) < 4.78 is 1.85. The SMILES string of the molecule is C=CC(=O)N1Cc2cc(C(C)C)nn2C(CO)C1. The molecule has 2 rings (SSSR count). The summed E-state index contributed by atoms with van der Waals surface area (Å²) in [6.45, 7) is 8.64. The molecule has 0 saturated carbocycles. The van der Waals surface area contributed by atoms with Crippen LogP contribution in [-0.4, -0.2) is 38.8 Å². The van der Waals surface area contributed by atoms with Gasteiger partial charge in [-0.3, -0.25) is 9.48 Å². The van der Waals surface area contributed by atoms with Crippen molar-refractivity contribution in [3.05, 3.63) is 30.1 Å². The number of rotatable bonds is 3. The first-order chi connectivity index (χ1) is 8.56. The van der Waals surface area contributed by atoms with Gasteiger partial charge in [-0.05, 0) is 18.1 Å². The van der Waals surface area contributed by atoms with Crippen LogP contribution >= 0.6 is 0 Å². The van der Waals surface area contributed by atoms with Gasteiger partial charge in [0.05, 0.1) is 30.6 Å². The maximum Gasteiger partial charge on any atom is 0.246 e. The maximum atomic E-state index is 11.7. The molecule has 5 nitrogen and oxygen atoms in total. The number of carbonyl (C=O) groups excluding carboxylic acids is 1. The summed E-state index contributed by atoms with van der Waals surface area (Å²) in [5.41, 5.74) is 1.97. The van der Waals surface area contributed by atoms with Gasteiger partial charge in [0.15, 0.2) is 0 Å². The van der Waals surface area contributed by atoms with Gasteiger partial charge in [0, 0.05) is 6.54 Å². The quantitative estimate of drug-likeness (QED) is 0.815.